The van der Waals surface area contributed by atoms with Crippen LogP contribution >= 0.6 is 0 Å². The number of esters is 1. The molecular formula is C37H46N2O12. The number of aromatic hydroxyl groups is 1. The average molecular weight is 711 g/mol. The number of ether oxygens (including phenoxy) is 4. The molecule has 0 fully saturated rings. The second-order valence-corrected chi connectivity index (χ2v) is 13.6. The molecule has 3 heterocycles. The molecule has 3 aliphatic heterocycles. The van der Waals surface area contributed by atoms with E-state index >= 15 is 0 Å². The molecule has 1 amide bonds. The van der Waals surface area contributed by atoms with Gasteiger partial charge in [-0.05, 0) is 19.9 Å². The molecule has 0 radical (unpaired) electrons. The zero-order valence-corrected chi connectivity index (χ0v) is 30.1. The Morgan fingerprint density at radius 3 is 2.20 bits per heavy atom. The molecule has 1 aromatic rings. The monoisotopic (exact) mass is 710 g/mol. The lowest BCUT2D eigenvalue weighted by atomic mass is 9.78. The summed E-state index contributed by atoms with van der Waals surface area (Å²) in [6.45, 7) is 12.2. The summed E-state index contributed by atoms with van der Waals surface area (Å²) in [6.07, 6.45) is 3.25. The smallest absolute Gasteiger partial charge is 0.312 e. The van der Waals surface area contributed by atoms with Crippen LogP contribution in [0, 0.1) is 30.6 Å². The maximum atomic E-state index is 13.9. The molecule has 14 heteroatoms. The van der Waals surface area contributed by atoms with Crippen LogP contribution < -0.4 is 15.8 Å². The van der Waals surface area contributed by atoms with Crippen LogP contribution in [0.5, 0.6) is 11.5 Å². The highest BCUT2D eigenvalue weighted by molar-refractivity contribution is 6.32. The zero-order chi connectivity index (χ0) is 38.3. The Labute approximate surface area is 296 Å². The van der Waals surface area contributed by atoms with Crippen LogP contribution in [0.1, 0.15) is 85.1 Å². The number of ketones is 3. The lowest BCUT2D eigenvalue weighted by molar-refractivity contribution is -0.160. The second kappa shape index (κ2) is 14.8. The maximum Gasteiger partial charge on any atom is 0.312 e. The van der Waals surface area contributed by atoms with Crippen LogP contribution in [-0.4, -0.2) is 81.9 Å². The Morgan fingerprint density at radius 2 is 1.59 bits per heavy atom. The average Bonchev–Trinajstić information content (AvgIpc) is 3.35. The Bertz CT molecular complexity index is 1770. The van der Waals surface area contributed by atoms with E-state index in [2.05, 4.69) is 5.32 Å². The number of carbonyl (C=O) groups is 5. The zero-order valence-electron chi connectivity index (χ0n) is 30.1. The van der Waals surface area contributed by atoms with E-state index in [1.165, 1.54) is 53.0 Å². The van der Waals surface area contributed by atoms with Crippen molar-refractivity contribution in [2.24, 2.45) is 29.4 Å². The van der Waals surface area contributed by atoms with Gasteiger partial charge in [-0.1, -0.05) is 45.9 Å². The number of amides is 1. The molecule has 0 aromatic heterocycles. The van der Waals surface area contributed by atoms with Crippen LogP contribution in [-0.2, 0) is 23.8 Å². The number of nitrogens with one attached hydrogen (secondary N) is 1. The summed E-state index contributed by atoms with van der Waals surface area (Å²) in [4.78, 5) is 66.8. The Hall–Kier alpha value is -4.79. The van der Waals surface area contributed by atoms with Crippen molar-refractivity contribution < 1.29 is 58.2 Å². The number of phenols is 1. The molecule has 51 heavy (non-hydrogen) atoms. The number of aliphatic hydroxyl groups excluding tert-OH is 2. The molecule has 1 aliphatic carbocycles. The summed E-state index contributed by atoms with van der Waals surface area (Å²) >= 11 is 0. The molecular weight excluding hydrogens is 664 g/mol. The van der Waals surface area contributed by atoms with Gasteiger partial charge >= 0.3 is 11.8 Å². The van der Waals surface area contributed by atoms with Crippen molar-refractivity contribution in [1.82, 2.24) is 5.32 Å². The number of phenolic OH excluding ortho intramolecular Hbond substituents is 1. The normalized spacial score (nSPS) is 31.9. The molecule has 0 saturated heterocycles. The number of methoxy groups -OCH3 is 1. The lowest BCUT2D eigenvalue weighted by Crippen LogP contribution is -2.46. The number of Topliss-reactive ketones (excluding diaryl/α,β-unsaturated/α-hetero) is 3. The minimum absolute atomic E-state index is 0.0295. The number of hydrogen-bond acceptors (Lipinski definition) is 13. The van der Waals surface area contributed by atoms with Gasteiger partial charge in [0.05, 0.1) is 41.3 Å². The van der Waals surface area contributed by atoms with E-state index in [9.17, 15) is 39.3 Å². The van der Waals surface area contributed by atoms with Crippen molar-refractivity contribution in [2.45, 2.75) is 85.6 Å². The predicted molar refractivity (Wildman–Crippen MR) is 182 cm³/mol. The second-order valence-electron chi connectivity index (χ2n) is 13.6. The summed E-state index contributed by atoms with van der Waals surface area (Å²) < 4.78 is 23.1. The molecule has 0 spiro atoms. The summed E-state index contributed by atoms with van der Waals surface area (Å²) in [6, 6.07) is 0. The van der Waals surface area contributed by atoms with Gasteiger partial charge in [-0.15, -0.1) is 0 Å². The Balaban J connectivity index is 1.86. The number of allylic oxidation sites excluding steroid dienone is 4. The standard InChI is InChI=1S/C37H46N2O12/c1-15-11-10-12-16(2)36(47)39-27-26(38)31(44)23-24(32(27)45)30(43)20(6)34-25(23)35(46)37(8,51-34)49-14-13-22(48-9)17(3)33(50-21(7)40)19(5)29(42)18(4)28(15)41/h10-15,17-19,22,28-29,33,41-43H,38H2,1-9H3,(H,39,47)/t15-,17+,18+,19+,22-,28-,29+,33+,37-/m0/s1. The summed E-state index contributed by atoms with van der Waals surface area (Å²) in [7, 11) is 1.41. The highest BCUT2D eigenvalue weighted by Gasteiger charge is 2.52. The molecule has 0 saturated carbocycles. The van der Waals surface area contributed by atoms with Gasteiger partial charge in [0.25, 0.3) is 11.7 Å². The van der Waals surface area contributed by atoms with Crippen molar-refractivity contribution in [1.29, 1.82) is 0 Å². The summed E-state index contributed by atoms with van der Waals surface area (Å²) in [5.41, 5.74) is 3.62. The largest absolute Gasteiger partial charge is 0.507 e. The van der Waals surface area contributed by atoms with E-state index < -0.39 is 111 Å². The molecule has 5 rings (SSSR count). The third-order valence-electron chi connectivity index (χ3n) is 9.99. The van der Waals surface area contributed by atoms with Gasteiger partial charge in [-0.2, -0.15) is 0 Å². The van der Waals surface area contributed by atoms with Gasteiger partial charge in [0.15, 0.2) is 0 Å². The topological polar surface area (TPSA) is 221 Å². The number of nitrogens with two attached hydrogens (primary N) is 1. The third-order valence-corrected chi connectivity index (χ3v) is 9.99. The molecule has 1 aromatic carbocycles. The first-order valence-electron chi connectivity index (χ1n) is 16.6. The quantitative estimate of drug-likeness (QED) is 0.279. The minimum Gasteiger partial charge on any atom is -0.507 e. The highest BCUT2D eigenvalue weighted by Crippen LogP contribution is 2.48. The highest BCUT2D eigenvalue weighted by atomic mass is 16.7. The van der Waals surface area contributed by atoms with E-state index in [0.717, 1.165) is 6.26 Å². The molecule has 0 unspecified atom stereocenters. The van der Waals surface area contributed by atoms with Crippen molar-refractivity contribution in [3.63, 3.8) is 0 Å². The van der Waals surface area contributed by atoms with Crippen LogP contribution in [0.25, 0.3) is 0 Å². The number of benzene rings is 1. The first-order valence-corrected chi connectivity index (χ1v) is 16.6. The predicted octanol–water partition coefficient (Wildman–Crippen LogP) is 2.92. The van der Waals surface area contributed by atoms with Gasteiger partial charge in [0, 0.05) is 55.8 Å². The van der Waals surface area contributed by atoms with E-state index in [0.29, 0.717) is 0 Å². The van der Waals surface area contributed by atoms with Crippen LogP contribution in [0.15, 0.2) is 47.5 Å². The van der Waals surface area contributed by atoms with Crippen LogP contribution in [0.3, 0.4) is 0 Å². The van der Waals surface area contributed by atoms with Gasteiger partial charge in [0.1, 0.15) is 29.0 Å². The number of rotatable bonds is 2. The number of aliphatic hydroxyl groups is 2. The van der Waals surface area contributed by atoms with E-state index in [1.54, 1.807) is 33.8 Å². The van der Waals surface area contributed by atoms with Gasteiger partial charge in [-0.3, -0.25) is 24.0 Å². The third kappa shape index (κ3) is 7.08. The molecule has 14 nitrogen and oxygen atoms in total. The molecule has 4 aliphatic rings. The molecule has 6 N–H and O–H groups in total. The lowest BCUT2D eigenvalue weighted by Gasteiger charge is -2.38. The maximum absolute atomic E-state index is 13.9. The summed E-state index contributed by atoms with van der Waals surface area (Å²) in [5.74, 6) is -9.62. The number of carbonyl (C=O) groups excluding carboxylic acids is 5. The fraction of sp³-hybridized carbons (Fsp3) is 0.486. The first kappa shape index (κ1) is 39.0. The Kier molecular flexibility index (Phi) is 11.3. The van der Waals surface area contributed by atoms with Crippen LogP contribution in [0.2, 0.25) is 0 Å². The van der Waals surface area contributed by atoms with Crippen molar-refractivity contribution in [3.8, 4) is 11.5 Å². The van der Waals surface area contributed by atoms with Gasteiger partial charge in [-0.25, -0.2) is 0 Å². The van der Waals surface area contributed by atoms with Crippen molar-refractivity contribution in [2.75, 3.05) is 7.11 Å². The van der Waals surface area contributed by atoms with E-state index in [1.807, 2.05) is 0 Å². The molecule has 9 atom stereocenters. The fourth-order valence-corrected chi connectivity index (χ4v) is 6.72. The van der Waals surface area contributed by atoms with Gasteiger partial charge in [0.2, 0.25) is 11.6 Å². The fourth-order valence-electron chi connectivity index (χ4n) is 6.72. The SMILES string of the molecule is CO[C@H]1C=CO[C@@]2(C)Oc3c(C)c(O)c4c(c3C2=O)C(=O)C(N)=C(NC(=O)C(C)=CC=C[C@H](C)[C@H](O)[C@@H](C)[C@@H](O)[C@@H](C)[C@H](OC(C)=O)[C@@H]1C)C4=O. The van der Waals surface area contributed by atoms with Gasteiger partial charge < -0.3 is 45.3 Å². The summed E-state index contributed by atoms with van der Waals surface area (Å²) in [5, 5.41) is 36.1. The Morgan fingerprint density at radius 1 is 0.941 bits per heavy atom. The van der Waals surface area contributed by atoms with Crippen LogP contribution in [0.4, 0.5) is 0 Å². The van der Waals surface area contributed by atoms with Crippen molar-refractivity contribution >= 4 is 29.2 Å². The minimum atomic E-state index is -2.08. The van der Waals surface area contributed by atoms with E-state index in [4.69, 9.17) is 24.7 Å². The first-order chi connectivity index (χ1) is 23.8. The molecule has 276 valence electrons. The number of fused-ring (bicyclic) bond motifs is 14. The molecule has 5 bridgehead atoms. The van der Waals surface area contributed by atoms with E-state index in [-0.39, 0.29) is 22.4 Å². The number of hydrogen-bond donors (Lipinski definition) is 5. The van der Waals surface area contributed by atoms with Crippen molar-refractivity contribution in [3.05, 3.63) is 69.8 Å².